The minimum Gasteiger partial charge on any atom is -0.360 e. The van der Waals surface area contributed by atoms with E-state index >= 15 is 0 Å². The molecular formula is C11H18N2. The molecule has 1 saturated heterocycles. The van der Waals surface area contributed by atoms with Gasteiger partial charge in [0.15, 0.2) is 0 Å². The Hall–Kier alpha value is -0.530. The molecule has 0 radical (unpaired) electrons. The van der Waals surface area contributed by atoms with Crippen LogP contribution in [0.1, 0.15) is 38.5 Å². The predicted octanol–water partition coefficient (Wildman–Crippen LogP) is 2.25. The van der Waals surface area contributed by atoms with Crippen LogP contribution >= 0.6 is 0 Å². The summed E-state index contributed by atoms with van der Waals surface area (Å²) in [5.74, 6) is 1.61. The Morgan fingerprint density at radius 3 is 2.46 bits per heavy atom. The number of nitrogens with one attached hydrogen (secondary N) is 1. The fourth-order valence-corrected chi connectivity index (χ4v) is 2.84. The van der Waals surface area contributed by atoms with Crippen molar-refractivity contribution in [1.29, 1.82) is 5.41 Å². The largest absolute Gasteiger partial charge is 0.360 e. The zero-order valence-corrected chi connectivity index (χ0v) is 8.18. The number of hydrogen-bond acceptors (Lipinski definition) is 1. The van der Waals surface area contributed by atoms with E-state index in [4.69, 9.17) is 5.41 Å². The SMILES string of the molecule is N=C(C1CC1)N1CCC2(CCC2)C1. The second-order valence-electron chi connectivity index (χ2n) is 5.18. The topological polar surface area (TPSA) is 27.1 Å². The van der Waals surface area contributed by atoms with Crippen molar-refractivity contribution in [3.05, 3.63) is 0 Å². The summed E-state index contributed by atoms with van der Waals surface area (Å²) in [5.41, 5.74) is 0.668. The Labute approximate surface area is 79.8 Å². The molecule has 3 aliphatic rings. The molecule has 1 N–H and O–H groups in total. The summed E-state index contributed by atoms with van der Waals surface area (Å²) >= 11 is 0. The molecule has 0 bridgehead atoms. The summed E-state index contributed by atoms with van der Waals surface area (Å²) in [7, 11) is 0. The molecule has 1 spiro atoms. The van der Waals surface area contributed by atoms with Crippen LogP contribution in [0.15, 0.2) is 0 Å². The van der Waals surface area contributed by atoms with E-state index in [1.165, 1.54) is 51.6 Å². The van der Waals surface area contributed by atoms with Gasteiger partial charge in [0.1, 0.15) is 0 Å². The molecule has 0 aromatic rings. The second-order valence-corrected chi connectivity index (χ2v) is 5.18. The molecule has 3 fully saturated rings. The molecule has 2 nitrogen and oxygen atoms in total. The molecule has 0 amide bonds. The van der Waals surface area contributed by atoms with Gasteiger partial charge in [0.2, 0.25) is 0 Å². The van der Waals surface area contributed by atoms with Crippen LogP contribution in [0.4, 0.5) is 0 Å². The lowest BCUT2D eigenvalue weighted by atomic mass is 9.68. The van der Waals surface area contributed by atoms with E-state index in [9.17, 15) is 0 Å². The second kappa shape index (κ2) is 2.49. The van der Waals surface area contributed by atoms with E-state index in [0.717, 1.165) is 5.84 Å². The van der Waals surface area contributed by atoms with Gasteiger partial charge >= 0.3 is 0 Å². The first kappa shape index (κ1) is 7.84. The minimum atomic E-state index is 0.648. The van der Waals surface area contributed by atoms with Gasteiger partial charge in [-0.1, -0.05) is 6.42 Å². The first-order valence-corrected chi connectivity index (χ1v) is 5.63. The van der Waals surface area contributed by atoms with Gasteiger partial charge in [-0.05, 0) is 37.5 Å². The number of nitrogens with zero attached hydrogens (tertiary/aromatic N) is 1. The van der Waals surface area contributed by atoms with Crippen molar-refractivity contribution >= 4 is 5.84 Å². The van der Waals surface area contributed by atoms with E-state index in [0.29, 0.717) is 11.3 Å². The highest BCUT2D eigenvalue weighted by atomic mass is 15.2. The van der Waals surface area contributed by atoms with Crippen molar-refractivity contribution in [2.24, 2.45) is 11.3 Å². The molecule has 0 aromatic carbocycles. The van der Waals surface area contributed by atoms with E-state index in [-0.39, 0.29) is 0 Å². The third-order valence-electron chi connectivity index (χ3n) is 4.16. The third kappa shape index (κ3) is 1.18. The van der Waals surface area contributed by atoms with Crippen LogP contribution in [0.3, 0.4) is 0 Å². The van der Waals surface area contributed by atoms with Crippen molar-refractivity contribution in [2.45, 2.75) is 38.5 Å². The lowest BCUT2D eigenvalue weighted by Gasteiger charge is -2.38. The maximum atomic E-state index is 8.00. The van der Waals surface area contributed by atoms with E-state index in [1.807, 2.05) is 0 Å². The average molecular weight is 178 g/mol. The van der Waals surface area contributed by atoms with E-state index < -0.39 is 0 Å². The van der Waals surface area contributed by atoms with Crippen molar-refractivity contribution in [1.82, 2.24) is 4.90 Å². The maximum absolute atomic E-state index is 8.00. The highest BCUT2D eigenvalue weighted by molar-refractivity contribution is 5.84. The maximum Gasteiger partial charge on any atom is 0.0989 e. The van der Waals surface area contributed by atoms with Gasteiger partial charge in [-0.2, -0.15) is 0 Å². The van der Waals surface area contributed by atoms with E-state index in [1.54, 1.807) is 0 Å². The zero-order valence-electron chi connectivity index (χ0n) is 8.18. The molecule has 2 heteroatoms. The normalized spacial score (nSPS) is 30.6. The fraction of sp³-hybridized carbons (Fsp3) is 0.909. The number of rotatable bonds is 1. The lowest BCUT2D eigenvalue weighted by molar-refractivity contribution is 0.151. The molecule has 2 aliphatic carbocycles. The highest BCUT2D eigenvalue weighted by Crippen LogP contribution is 2.48. The Morgan fingerprint density at radius 1 is 1.23 bits per heavy atom. The van der Waals surface area contributed by atoms with Crippen molar-refractivity contribution in [2.75, 3.05) is 13.1 Å². The molecule has 1 aliphatic heterocycles. The van der Waals surface area contributed by atoms with Gasteiger partial charge in [-0.15, -0.1) is 0 Å². The number of hydrogen-bond donors (Lipinski definition) is 1. The molecule has 72 valence electrons. The van der Waals surface area contributed by atoms with Gasteiger partial charge in [0, 0.05) is 19.0 Å². The van der Waals surface area contributed by atoms with Crippen LogP contribution < -0.4 is 0 Å². The van der Waals surface area contributed by atoms with Crippen molar-refractivity contribution in [3.63, 3.8) is 0 Å². The summed E-state index contributed by atoms with van der Waals surface area (Å²) in [5, 5.41) is 8.00. The van der Waals surface area contributed by atoms with Crippen molar-refractivity contribution < 1.29 is 0 Å². The van der Waals surface area contributed by atoms with Gasteiger partial charge in [0.05, 0.1) is 5.84 Å². The van der Waals surface area contributed by atoms with Crippen LogP contribution in [0.5, 0.6) is 0 Å². The van der Waals surface area contributed by atoms with Gasteiger partial charge in [0.25, 0.3) is 0 Å². The molecule has 0 unspecified atom stereocenters. The van der Waals surface area contributed by atoms with Gasteiger partial charge < -0.3 is 4.90 Å². The van der Waals surface area contributed by atoms with Crippen LogP contribution in [0, 0.1) is 16.7 Å². The first-order valence-electron chi connectivity index (χ1n) is 5.63. The smallest absolute Gasteiger partial charge is 0.0989 e. The molecule has 2 saturated carbocycles. The predicted molar refractivity (Wildman–Crippen MR) is 52.9 cm³/mol. The number of amidine groups is 1. The van der Waals surface area contributed by atoms with Crippen LogP contribution in [0.2, 0.25) is 0 Å². The molecule has 0 atom stereocenters. The van der Waals surface area contributed by atoms with E-state index in [2.05, 4.69) is 4.90 Å². The molecule has 0 aromatic heterocycles. The summed E-state index contributed by atoms with van der Waals surface area (Å²) in [6.07, 6.45) is 8.22. The van der Waals surface area contributed by atoms with Crippen LogP contribution in [-0.2, 0) is 0 Å². The average Bonchev–Trinajstić information content (AvgIpc) is 2.80. The molecular weight excluding hydrogens is 160 g/mol. The molecule has 13 heavy (non-hydrogen) atoms. The Kier molecular flexibility index (Phi) is 1.50. The van der Waals surface area contributed by atoms with Crippen molar-refractivity contribution in [3.8, 4) is 0 Å². The Balaban J connectivity index is 1.64. The van der Waals surface area contributed by atoms with Crippen LogP contribution in [0.25, 0.3) is 0 Å². The highest BCUT2D eigenvalue weighted by Gasteiger charge is 2.45. The minimum absolute atomic E-state index is 0.648. The summed E-state index contributed by atoms with van der Waals surface area (Å²) < 4.78 is 0. The lowest BCUT2D eigenvalue weighted by Crippen LogP contribution is -2.36. The fourth-order valence-electron chi connectivity index (χ4n) is 2.84. The Morgan fingerprint density at radius 2 is 2.00 bits per heavy atom. The monoisotopic (exact) mass is 178 g/mol. The van der Waals surface area contributed by atoms with Gasteiger partial charge in [-0.3, -0.25) is 5.41 Å². The standard InChI is InChI=1S/C11H18N2/c12-10(9-2-3-9)13-7-6-11(8-13)4-1-5-11/h9,12H,1-8H2. The zero-order chi connectivity index (χ0) is 8.89. The van der Waals surface area contributed by atoms with Gasteiger partial charge in [-0.25, -0.2) is 0 Å². The quantitative estimate of drug-likeness (QED) is 0.484. The summed E-state index contributed by atoms with van der Waals surface area (Å²) in [6.45, 7) is 2.39. The third-order valence-corrected chi connectivity index (χ3v) is 4.16. The summed E-state index contributed by atoms with van der Waals surface area (Å²) in [6, 6.07) is 0. The first-order chi connectivity index (χ1) is 6.29. The van der Waals surface area contributed by atoms with Crippen LogP contribution in [-0.4, -0.2) is 23.8 Å². The molecule has 1 heterocycles. The summed E-state index contributed by atoms with van der Waals surface area (Å²) in [4.78, 5) is 2.36. The molecule has 3 rings (SSSR count). The number of likely N-dealkylation sites (tertiary alicyclic amines) is 1. The Bertz CT molecular complexity index is 238.